The maximum atomic E-state index is 10.1. The van der Waals surface area contributed by atoms with Crippen LogP contribution in [0.15, 0.2) is 30.5 Å². The van der Waals surface area contributed by atoms with Gasteiger partial charge in [-0.1, -0.05) is 11.3 Å². The number of hydrogen-bond donors (Lipinski definition) is 0. The fourth-order valence-corrected chi connectivity index (χ4v) is 1.11. The lowest BCUT2D eigenvalue weighted by Crippen LogP contribution is -1.83. The molecule has 4 nitrogen and oxygen atoms in total. The summed E-state index contributed by atoms with van der Waals surface area (Å²) in [5.74, 6) is 0. The molecule has 0 spiro atoms. The number of allylic oxidation sites excluding steroid dienone is 1. The van der Waals surface area contributed by atoms with Gasteiger partial charge in [-0.15, -0.1) is 5.10 Å². The molecule has 0 amide bonds. The molecule has 2 rings (SSSR count). The topological polar surface area (TPSA) is 47.3 Å². The molecule has 0 bridgehead atoms. The third kappa shape index (κ3) is 1.33. The van der Waals surface area contributed by atoms with Crippen molar-refractivity contribution in [2.24, 2.45) is 0 Å². The predicted molar refractivity (Wildman–Crippen MR) is 48.1 cm³/mol. The first kappa shape index (κ1) is 7.67. The molecule has 4 heteroatoms. The highest BCUT2D eigenvalue weighted by molar-refractivity contribution is 5.77. The normalized spacial score (nSPS) is 11.1. The lowest BCUT2D eigenvalue weighted by molar-refractivity contribution is -0.104. The maximum Gasteiger partial charge on any atom is 0.142 e. The Labute approximate surface area is 74.5 Å². The van der Waals surface area contributed by atoms with Gasteiger partial charge >= 0.3 is 0 Å². The summed E-state index contributed by atoms with van der Waals surface area (Å²) in [6.45, 7) is 0. The van der Waals surface area contributed by atoms with Gasteiger partial charge in [0, 0.05) is 6.20 Å². The highest BCUT2D eigenvalue weighted by atomic mass is 16.1. The smallest absolute Gasteiger partial charge is 0.142 e. The van der Waals surface area contributed by atoms with Crippen molar-refractivity contribution in [3.05, 3.63) is 36.2 Å². The fraction of sp³-hybridized carbons (Fsp3) is 0. The van der Waals surface area contributed by atoms with Crippen LogP contribution in [0.25, 0.3) is 11.6 Å². The Balaban J connectivity index is 2.57. The fourth-order valence-electron chi connectivity index (χ4n) is 1.11. The quantitative estimate of drug-likeness (QED) is 0.501. The maximum absolute atomic E-state index is 10.1. The lowest BCUT2D eigenvalue weighted by Gasteiger charge is -1.88. The van der Waals surface area contributed by atoms with Gasteiger partial charge in [0.1, 0.15) is 12.0 Å². The number of rotatable bonds is 2. The third-order valence-corrected chi connectivity index (χ3v) is 1.68. The van der Waals surface area contributed by atoms with Crippen molar-refractivity contribution in [1.29, 1.82) is 0 Å². The van der Waals surface area contributed by atoms with E-state index in [1.165, 1.54) is 6.08 Å². The van der Waals surface area contributed by atoms with Crippen molar-refractivity contribution in [2.75, 3.05) is 0 Å². The van der Waals surface area contributed by atoms with Gasteiger partial charge in [-0.3, -0.25) is 4.79 Å². The van der Waals surface area contributed by atoms with Gasteiger partial charge in [0.15, 0.2) is 0 Å². The van der Waals surface area contributed by atoms with Crippen molar-refractivity contribution in [1.82, 2.24) is 14.8 Å². The van der Waals surface area contributed by atoms with E-state index in [9.17, 15) is 4.79 Å². The van der Waals surface area contributed by atoms with E-state index in [0.29, 0.717) is 12.0 Å². The molecule has 13 heavy (non-hydrogen) atoms. The minimum Gasteiger partial charge on any atom is -0.299 e. The summed E-state index contributed by atoms with van der Waals surface area (Å²) in [5.41, 5.74) is 1.59. The van der Waals surface area contributed by atoms with Crippen LogP contribution in [0.4, 0.5) is 0 Å². The SMILES string of the molecule is O=C/C=C/c1nnn2ccccc12. The highest BCUT2D eigenvalue weighted by Gasteiger charge is 1.99. The third-order valence-electron chi connectivity index (χ3n) is 1.68. The molecular weight excluding hydrogens is 166 g/mol. The first-order valence-electron chi connectivity index (χ1n) is 3.84. The molecule has 0 aliphatic carbocycles. The molecule has 0 N–H and O–H groups in total. The van der Waals surface area contributed by atoms with Crippen LogP contribution in [-0.4, -0.2) is 21.1 Å². The van der Waals surface area contributed by atoms with Crippen molar-refractivity contribution in [3.8, 4) is 0 Å². The van der Waals surface area contributed by atoms with Gasteiger partial charge in [-0.05, 0) is 24.3 Å². The zero-order chi connectivity index (χ0) is 9.10. The summed E-state index contributed by atoms with van der Waals surface area (Å²) in [7, 11) is 0. The Morgan fingerprint density at radius 1 is 1.38 bits per heavy atom. The second kappa shape index (κ2) is 3.18. The van der Waals surface area contributed by atoms with E-state index in [4.69, 9.17) is 0 Å². The summed E-state index contributed by atoms with van der Waals surface area (Å²) in [5, 5.41) is 7.77. The molecule has 2 aromatic rings. The van der Waals surface area contributed by atoms with Crippen molar-refractivity contribution >= 4 is 17.9 Å². The summed E-state index contributed by atoms with van der Waals surface area (Å²) in [6, 6.07) is 5.66. The average molecular weight is 173 g/mol. The van der Waals surface area contributed by atoms with Crippen molar-refractivity contribution in [2.45, 2.75) is 0 Å². The molecule has 2 aromatic heterocycles. The number of fused-ring (bicyclic) bond motifs is 1. The van der Waals surface area contributed by atoms with E-state index < -0.39 is 0 Å². The Hall–Kier alpha value is -1.97. The van der Waals surface area contributed by atoms with E-state index in [0.717, 1.165) is 5.52 Å². The Morgan fingerprint density at radius 3 is 3.15 bits per heavy atom. The molecule has 0 saturated heterocycles. The summed E-state index contributed by atoms with van der Waals surface area (Å²) < 4.78 is 1.66. The molecule has 0 aliphatic rings. The van der Waals surface area contributed by atoms with Gasteiger partial charge in [0.2, 0.25) is 0 Å². The largest absolute Gasteiger partial charge is 0.299 e. The lowest BCUT2D eigenvalue weighted by atomic mass is 10.3. The summed E-state index contributed by atoms with van der Waals surface area (Å²) in [6.07, 6.45) is 5.56. The van der Waals surface area contributed by atoms with E-state index in [-0.39, 0.29) is 0 Å². The predicted octanol–water partition coefficient (Wildman–Crippen LogP) is 0.941. The summed E-state index contributed by atoms with van der Waals surface area (Å²) in [4.78, 5) is 10.1. The van der Waals surface area contributed by atoms with Crippen LogP contribution in [-0.2, 0) is 4.79 Å². The van der Waals surface area contributed by atoms with Crippen LogP contribution in [0, 0.1) is 0 Å². The molecule has 0 aromatic carbocycles. The van der Waals surface area contributed by atoms with Crippen molar-refractivity contribution in [3.63, 3.8) is 0 Å². The number of hydrogen-bond acceptors (Lipinski definition) is 3. The van der Waals surface area contributed by atoms with Crippen LogP contribution < -0.4 is 0 Å². The molecule has 0 radical (unpaired) electrons. The summed E-state index contributed by atoms with van der Waals surface area (Å²) >= 11 is 0. The zero-order valence-corrected chi connectivity index (χ0v) is 6.79. The van der Waals surface area contributed by atoms with E-state index in [1.54, 1.807) is 16.8 Å². The molecule has 0 unspecified atom stereocenters. The monoisotopic (exact) mass is 173 g/mol. The molecular formula is C9H7N3O. The zero-order valence-electron chi connectivity index (χ0n) is 6.79. The van der Waals surface area contributed by atoms with Crippen LogP contribution in [0.1, 0.15) is 5.69 Å². The molecule has 2 heterocycles. The van der Waals surface area contributed by atoms with Crippen LogP contribution in [0.2, 0.25) is 0 Å². The molecule has 0 fully saturated rings. The minimum absolute atomic E-state index is 0.702. The van der Waals surface area contributed by atoms with Gasteiger partial charge in [-0.25, -0.2) is 4.52 Å². The van der Waals surface area contributed by atoms with Crippen molar-refractivity contribution < 1.29 is 4.79 Å². The van der Waals surface area contributed by atoms with Gasteiger partial charge in [0.05, 0.1) is 5.52 Å². The first-order valence-corrected chi connectivity index (χ1v) is 3.84. The van der Waals surface area contributed by atoms with Gasteiger partial charge in [0.25, 0.3) is 0 Å². The molecule has 64 valence electrons. The number of carbonyl (C=O) groups excluding carboxylic acids is 1. The number of aldehydes is 1. The number of carbonyl (C=O) groups is 1. The van der Waals surface area contributed by atoms with E-state index >= 15 is 0 Å². The van der Waals surface area contributed by atoms with Crippen LogP contribution >= 0.6 is 0 Å². The molecule has 0 saturated carbocycles. The Morgan fingerprint density at radius 2 is 2.31 bits per heavy atom. The first-order chi connectivity index (χ1) is 6.42. The average Bonchev–Trinajstić information content (AvgIpc) is 2.58. The highest BCUT2D eigenvalue weighted by Crippen LogP contribution is 2.07. The number of pyridine rings is 1. The van der Waals surface area contributed by atoms with E-state index in [1.807, 2.05) is 18.2 Å². The molecule has 0 aliphatic heterocycles. The second-order valence-electron chi connectivity index (χ2n) is 2.50. The standard InChI is InChI=1S/C9H7N3O/c13-7-3-4-8-9-5-1-2-6-12(9)11-10-8/h1-7H/b4-3+. The minimum atomic E-state index is 0.702. The Kier molecular flexibility index (Phi) is 1.88. The van der Waals surface area contributed by atoms with Crippen LogP contribution in [0.5, 0.6) is 0 Å². The van der Waals surface area contributed by atoms with Gasteiger partial charge < -0.3 is 0 Å². The van der Waals surface area contributed by atoms with Gasteiger partial charge in [-0.2, -0.15) is 0 Å². The number of aromatic nitrogens is 3. The van der Waals surface area contributed by atoms with E-state index in [2.05, 4.69) is 10.3 Å². The Bertz CT molecular complexity index is 459. The number of nitrogens with zero attached hydrogens (tertiary/aromatic N) is 3. The van der Waals surface area contributed by atoms with Crippen LogP contribution in [0.3, 0.4) is 0 Å². The molecule has 0 atom stereocenters. The second-order valence-corrected chi connectivity index (χ2v) is 2.50.